The van der Waals surface area contributed by atoms with Crippen LogP contribution in [-0.4, -0.2) is 6.61 Å². The third-order valence-corrected chi connectivity index (χ3v) is 2.05. The van der Waals surface area contributed by atoms with Crippen LogP contribution in [0.15, 0.2) is 18.2 Å². The fraction of sp³-hybridized carbons (Fsp3) is 0.500. The lowest BCUT2D eigenvalue weighted by molar-refractivity contribution is 0.259. The maximum absolute atomic E-state index is 13.5. The van der Waals surface area contributed by atoms with Gasteiger partial charge in [-0.15, -0.1) is 0 Å². The minimum atomic E-state index is -0.342. The number of ether oxygens (including phenoxy) is 1. The Balaban J connectivity index is 2.75. The lowest BCUT2D eigenvalue weighted by Gasteiger charge is -2.11. The molecule has 1 rings (SSSR count). The molecule has 0 amide bonds. The van der Waals surface area contributed by atoms with Gasteiger partial charge in [0.15, 0.2) is 11.6 Å². The second kappa shape index (κ2) is 5.12. The summed E-state index contributed by atoms with van der Waals surface area (Å²) < 4.78 is 18.8. The van der Waals surface area contributed by atoms with Gasteiger partial charge < -0.3 is 10.5 Å². The first kappa shape index (κ1) is 12.0. The molecule has 15 heavy (non-hydrogen) atoms. The average Bonchev–Trinajstić information content (AvgIpc) is 2.15. The number of nitrogens with two attached hydrogens (primary N) is 1. The van der Waals surface area contributed by atoms with E-state index >= 15 is 0 Å². The number of hydrogen-bond acceptors (Lipinski definition) is 2. The van der Waals surface area contributed by atoms with Crippen LogP contribution in [0.4, 0.5) is 4.39 Å². The van der Waals surface area contributed by atoms with Crippen molar-refractivity contribution in [1.82, 2.24) is 0 Å². The van der Waals surface area contributed by atoms with Gasteiger partial charge in [0.25, 0.3) is 0 Å². The molecule has 0 saturated heterocycles. The van der Waals surface area contributed by atoms with Crippen molar-refractivity contribution < 1.29 is 9.13 Å². The van der Waals surface area contributed by atoms with E-state index in [1.165, 1.54) is 6.07 Å². The summed E-state index contributed by atoms with van der Waals surface area (Å²) in [5.74, 6) is 0.344. The summed E-state index contributed by atoms with van der Waals surface area (Å²) in [5.41, 5.74) is 6.43. The molecule has 3 heteroatoms. The van der Waals surface area contributed by atoms with E-state index in [1.54, 1.807) is 12.1 Å². The van der Waals surface area contributed by atoms with Gasteiger partial charge in [-0.1, -0.05) is 19.9 Å². The van der Waals surface area contributed by atoms with Crippen molar-refractivity contribution in [1.29, 1.82) is 0 Å². The molecule has 2 nitrogen and oxygen atoms in total. The normalized spacial score (nSPS) is 12.9. The molecule has 0 fully saturated rings. The summed E-state index contributed by atoms with van der Waals surface area (Å²) in [6.07, 6.45) is 0. The molecular formula is C12H18FNO. The summed E-state index contributed by atoms with van der Waals surface area (Å²) in [6.45, 7) is 6.39. The van der Waals surface area contributed by atoms with Gasteiger partial charge in [0, 0.05) is 6.04 Å². The van der Waals surface area contributed by atoms with E-state index in [1.807, 2.05) is 20.8 Å². The number of halogens is 1. The molecule has 2 N–H and O–H groups in total. The van der Waals surface area contributed by atoms with Crippen LogP contribution in [0.1, 0.15) is 32.4 Å². The van der Waals surface area contributed by atoms with Crippen LogP contribution in [0.25, 0.3) is 0 Å². The van der Waals surface area contributed by atoms with Crippen molar-refractivity contribution in [2.75, 3.05) is 6.61 Å². The second-order valence-corrected chi connectivity index (χ2v) is 4.18. The topological polar surface area (TPSA) is 35.2 Å². The van der Waals surface area contributed by atoms with Crippen molar-refractivity contribution in [3.63, 3.8) is 0 Å². The predicted molar refractivity (Wildman–Crippen MR) is 59.3 cm³/mol. The van der Waals surface area contributed by atoms with Gasteiger partial charge in [-0.05, 0) is 30.5 Å². The zero-order valence-corrected chi connectivity index (χ0v) is 9.46. The van der Waals surface area contributed by atoms with E-state index in [0.717, 1.165) is 5.56 Å². The minimum Gasteiger partial charge on any atom is -0.490 e. The standard InChI is InChI=1S/C12H18FNO/c1-8(2)7-15-12-5-4-10(9(3)14)6-11(12)13/h4-6,8-9H,7,14H2,1-3H3/t9-/m0/s1. The molecule has 1 aromatic carbocycles. The average molecular weight is 211 g/mol. The molecule has 0 aliphatic rings. The third-order valence-electron chi connectivity index (χ3n) is 2.05. The van der Waals surface area contributed by atoms with Gasteiger partial charge in [0.05, 0.1) is 6.61 Å². The fourth-order valence-corrected chi connectivity index (χ4v) is 1.17. The van der Waals surface area contributed by atoms with Crippen molar-refractivity contribution in [3.8, 4) is 5.75 Å². The molecule has 0 spiro atoms. The SMILES string of the molecule is CC(C)COc1ccc([C@H](C)N)cc1F. The van der Waals surface area contributed by atoms with E-state index in [2.05, 4.69) is 0 Å². The van der Waals surface area contributed by atoms with E-state index in [0.29, 0.717) is 18.3 Å². The van der Waals surface area contributed by atoms with Crippen LogP contribution in [0.2, 0.25) is 0 Å². The number of hydrogen-bond donors (Lipinski definition) is 1. The van der Waals surface area contributed by atoms with Crippen molar-refractivity contribution in [3.05, 3.63) is 29.6 Å². The van der Waals surface area contributed by atoms with Crippen LogP contribution in [0, 0.1) is 11.7 Å². The highest BCUT2D eigenvalue weighted by molar-refractivity contribution is 5.30. The lowest BCUT2D eigenvalue weighted by Crippen LogP contribution is -2.08. The molecule has 0 aliphatic carbocycles. The summed E-state index contributed by atoms with van der Waals surface area (Å²) in [4.78, 5) is 0. The van der Waals surface area contributed by atoms with Gasteiger partial charge >= 0.3 is 0 Å². The number of rotatable bonds is 4. The maximum atomic E-state index is 13.5. The van der Waals surface area contributed by atoms with Crippen LogP contribution in [0.3, 0.4) is 0 Å². The largest absolute Gasteiger partial charge is 0.490 e. The molecule has 0 aliphatic heterocycles. The van der Waals surface area contributed by atoms with Gasteiger partial charge in [0.1, 0.15) is 0 Å². The molecular weight excluding hydrogens is 193 g/mol. The molecule has 0 radical (unpaired) electrons. The monoisotopic (exact) mass is 211 g/mol. The Bertz CT molecular complexity index is 323. The zero-order chi connectivity index (χ0) is 11.4. The third kappa shape index (κ3) is 3.51. The summed E-state index contributed by atoms with van der Waals surface area (Å²) in [5, 5.41) is 0. The Morgan fingerprint density at radius 1 is 1.33 bits per heavy atom. The minimum absolute atomic E-state index is 0.154. The molecule has 0 heterocycles. The number of benzene rings is 1. The first-order chi connectivity index (χ1) is 7.00. The summed E-state index contributed by atoms with van der Waals surface area (Å²) in [6, 6.07) is 4.71. The van der Waals surface area contributed by atoms with E-state index < -0.39 is 0 Å². The smallest absolute Gasteiger partial charge is 0.165 e. The van der Waals surface area contributed by atoms with Gasteiger partial charge in [0.2, 0.25) is 0 Å². The van der Waals surface area contributed by atoms with E-state index in [-0.39, 0.29) is 11.9 Å². The molecule has 0 saturated carbocycles. The van der Waals surface area contributed by atoms with Crippen LogP contribution < -0.4 is 10.5 Å². The Labute approximate surface area is 90.2 Å². The second-order valence-electron chi connectivity index (χ2n) is 4.18. The maximum Gasteiger partial charge on any atom is 0.165 e. The Kier molecular flexibility index (Phi) is 4.09. The molecule has 1 aromatic rings. The molecule has 0 aromatic heterocycles. The van der Waals surface area contributed by atoms with Gasteiger partial charge in [-0.2, -0.15) is 0 Å². The van der Waals surface area contributed by atoms with Gasteiger partial charge in [-0.3, -0.25) is 0 Å². The molecule has 0 bridgehead atoms. The van der Waals surface area contributed by atoms with Gasteiger partial charge in [-0.25, -0.2) is 4.39 Å². The van der Waals surface area contributed by atoms with Crippen LogP contribution >= 0.6 is 0 Å². The highest BCUT2D eigenvalue weighted by atomic mass is 19.1. The highest BCUT2D eigenvalue weighted by Crippen LogP contribution is 2.21. The van der Waals surface area contributed by atoms with E-state index in [4.69, 9.17) is 10.5 Å². The quantitative estimate of drug-likeness (QED) is 0.831. The lowest BCUT2D eigenvalue weighted by atomic mass is 10.1. The molecule has 84 valence electrons. The Morgan fingerprint density at radius 3 is 2.47 bits per heavy atom. The van der Waals surface area contributed by atoms with Crippen molar-refractivity contribution in [2.24, 2.45) is 11.7 Å². The summed E-state index contributed by atoms with van der Waals surface area (Å²) >= 11 is 0. The predicted octanol–water partition coefficient (Wildman–Crippen LogP) is 2.88. The Hall–Kier alpha value is -1.09. The first-order valence-corrected chi connectivity index (χ1v) is 5.18. The van der Waals surface area contributed by atoms with Crippen molar-refractivity contribution >= 4 is 0 Å². The van der Waals surface area contributed by atoms with E-state index in [9.17, 15) is 4.39 Å². The van der Waals surface area contributed by atoms with Crippen LogP contribution in [-0.2, 0) is 0 Å². The van der Waals surface area contributed by atoms with Crippen molar-refractivity contribution in [2.45, 2.75) is 26.8 Å². The fourth-order valence-electron chi connectivity index (χ4n) is 1.17. The molecule has 1 atom stereocenters. The molecule has 0 unspecified atom stereocenters. The summed E-state index contributed by atoms with van der Waals surface area (Å²) in [7, 11) is 0. The Morgan fingerprint density at radius 2 is 2.00 bits per heavy atom. The zero-order valence-electron chi connectivity index (χ0n) is 9.46. The van der Waals surface area contributed by atoms with Crippen LogP contribution in [0.5, 0.6) is 5.75 Å². The first-order valence-electron chi connectivity index (χ1n) is 5.18. The highest BCUT2D eigenvalue weighted by Gasteiger charge is 2.07.